The van der Waals surface area contributed by atoms with E-state index in [4.69, 9.17) is 11.6 Å². The van der Waals surface area contributed by atoms with Crippen molar-refractivity contribution in [1.82, 2.24) is 9.97 Å². The molecule has 1 rings (SSSR count). The van der Waals surface area contributed by atoms with Crippen LogP contribution in [0.2, 0.25) is 0 Å². The monoisotopic (exact) mass is 213 g/mol. The van der Waals surface area contributed by atoms with Crippen LogP contribution in [0, 0.1) is 0 Å². The summed E-state index contributed by atoms with van der Waals surface area (Å²) in [5.41, 5.74) is 1.09. The summed E-state index contributed by atoms with van der Waals surface area (Å²) in [4.78, 5) is 8.51. The zero-order valence-corrected chi connectivity index (χ0v) is 9.60. The summed E-state index contributed by atoms with van der Waals surface area (Å²) in [5, 5.41) is 3.05. The maximum Gasteiger partial charge on any atom is 0.222 e. The molecule has 0 aliphatic rings. The highest BCUT2D eigenvalue weighted by atomic mass is 35.5. The number of alkyl halides is 1. The van der Waals surface area contributed by atoms with E-state index in [9.17, 15) is 0 Å². The topological polar surface area (TPSA) is 37.8 Å². The largest absolute Gasteiger partial charge is 0.353 e. The van der Waals surface area contributed by atoms with Crippen molar-refractivity contribution in [1.29, 1.82) is 0 Å². The lowest BCUT2D eigenvalue weighted by molar-refractivity contribution is 0.567. The molecule has 1 aromatic rings. The minimum atomic E-state index is 0.0559. The number of rotatable bonds is 3. The van der Waals surface area contributed by atoms with Gasteiger partial charge in [-0.25, -0.2) is 9.97 Å². The van der Waals surface area contributed by atoms with Crippen molar-refractivity contribution in [3.8, 4) is 0 Å². The van der Waals surface area contributed by atoms with Crippen molar-refractivity contribution >= 4 is 17.5 Å². The molecule has 1 N–H and O–H groups in total. The predicted octanol–water partition coefficient (Wildman–Crippen LogP) is 2.42. The quantitative estimate of drug-likeness (QED) is 0.784. The summed E-state index contributed by atoms with van der Waals surface area (Å²) in [6, 6.07) is 1.94. The normalized spacial score (nSPS) is 11.4. The summed E-state index contributed by atoms with van der Waals surface area (Å²) in [6.07, 6.45) is 1.77. The SMILES string of the molecule is CC(C)(C)c1ccnc(NCCCl)n1. The van der Waals surface area contributed by atoms with Crippen LogP contribution in [0.5, 0.6) is 0 Å². The molecule has 0 spiro atoms. The van der Waals surface area contributed by atoms with Gasteiger partial charge in [0.2, 0.25) is 5.95 Å². The maximum atomic E-state index is 5.56. The van der Waals surface area contributed by atoms with Gasteiger partial charge in [0.25, 0.3) is 0 Å². The Bertz CT molecular complexity index is 294. The van der Waals surface area contributed by atoms with E-state index in [0.29, 0.717) is 18.4 Å². The lowest BCUT2D eigenvalue weighted by atomic mass is 9.92. The van der Waals surface area contributed by atoms with Gasteiger partial charge in [-0.2, -0.15) is 0 Å². The summed E-state index contributed by atoms with van der Waals surface area (Å²) < 4.78 is 0. The smallest absolute Gasteiger partial charge is 0.222 e. The van der Waals surface area contributed by atoms with Gasteiger partial charge in [0.15, 0.2) is 0 Å². The second-order valence-electron chi connectivity index (χ2n) is 4.13. The highest BCUT2D eigenvalue weighted by Gasteiger charge is 2.15. The Morgan fingerprint density at radius 3 is 2.71 bits per heavy atom. The Labute approximate surface area is 89.9 Å². The highest BCUT2D eigenvalue weighted by Crippen LogP contribution is 2.19. The van der Waals surface area contributed by atoms with Crippen molar-refractivity contribution in [2.45, 2.75) is 26.2 Å². The number of nitrogens with one attached hydrogen (secondary N) is 1. The van der Waals surface area contributed by atoms with Crippen LogP contribution in [-0.4, -0.2) is 22.4 Å². The Kier molecular flexibility index (Phi) is 3.69. The summed E-state index contributed by atoms with van der Waals surface area (Å²) in [7, 11) is 0. The molecular formula is C10H16ClN3. The first-order chi connectivity index (χ1) is 6.54. The number of anilines is 1. The fraction of sp³-hybridized carbons (Fsp3) is 0.600. The molecule has 0 aliphatic heterocycles. The molecule has 78 valence electrons. The first-order valence-electron chi connectivity index (χ1n) is 4.67. The third kappa shape index (κ3) is 3.14. The van der Waals surface area contributed by atoms with Gasteiger partial charge in [0.1, 0.15) is 0 Å². The molecule has 0 fully saturated rings. The molecule has 0 saturated carbocycles. The fourth-order valence-electron chi connectivity index (χ4n) is 1.02. The molecule has 0 bridgehead atoms. The van der Waals surface area contributed by atoms with Gasteiger partial charge in [-0.15, -0.1) is 11.6 Å². The van der Waals surface area contributed by atoms with Gasteiger partial charge < -0.3 is 5.32 Å². The van der Waals surface area contributed by atoms with Crippen molar-refractivity contribution < 1.29 is 0 Å². The van der Waals surface area contributed by atoms with Crippen LogP contribution in [0.25, 0.3) is 0 Å². The third-order valence-electron chi connectivity index (χ3n) is 1.80. The molecule has 1 aromatic heterocycles. The van der Waals surface area contributed by atoms with Crippen LogP contribution in [0.3, 0.4) is 0 Å². The molecular weight excluding hydrogens is 198 g/mol. The summed E-state index contributed by atoms with van der Waals surface area (Å²) in [6.45, 7) is 7.07. The maximum absolute atomic E-state index is 5.56. The lowest BCUT2D eigenvalue weighted by Crippen LogP contribution is -2.16. The number of nitrogens with zero attached hydrogens (tertiary/aromatic N) is 2. The molecule has 1 heterocycles. The van der Waals surface area contributed by atoms with Crippen molar-refractivity contribution in [3.63, 3.8) is 0 Å². The van der Waals surface area contributed by atoms with E-state index in [0.717, 1.165) is 5.69 Å². The van der Waals surface area contributed by atoms with Crippen LogP contribution >= 0.6 is 11.6 Å². The second kappa shape index (κ2) is 4.60. The fourth-order valence-corrected chi connectivity index (χ4v) is 1.12. The van der Waals surface area contributed by atoms with Crippen molar-refractivity contribution in [2.24, 2.45) is 0 Å². The number of hydrogen-bond donors (Lipinski definition) is 1. The Morgan fingerprint density at radius 1 is 1.43 bits per heavy atom. The molecule has 0 amide bonds. The van der Waals surface area contributed by atoms with E-state index >= 15 is 0 Å². The van der Waals surface area contributed by atoms with Gasteiger partial charge in [-0.1, -0.05) is 20.8 Å². The second-order valence-corrected chi connectivity index (χ2v) is 4.51. The number of hydrogen-bond acceptors (Lipinski definition) is 3. The predicted molar refractivity (Wildman–Crippen MR) is 59.9 cm³/mol. The Hall–Kier alpha value is -0.830. The van der Waals surface area contributed by atoms with Crippen LogP contribution in [0.1, 0.15) is 26.5 Å². The average molecular weight is 214 g/mol. The lowest BCUT2D eigenvalue weighted by Gasteiger charge is -2.17. The van der Waals surface area contributed by atoms with Gasteiger partial charge in [-0.3, -0.25) is 0 Å². The minimum absolute atomic E-state index is 0.0559. The highest BCUT2D eigenvalue weighted by molar-refractivity contribution is 6.18. The standard InChI is InChI=1S/C10H16ClN3/c1-10(2,3)8-4-6-12-9(14-8)13-7-5-11/h4,6H,5,7H2,1-3H3,(H,12,13,14). The minimum Gasteiger partial charge on any atom is -0.353 e. The first kappa shape index (κ1) is 11.2. The van der Waals surface area contributed by atoms with Crippen molar-refractivity contribution in [2.75, 3.05) is 17.7 Å². The zero-order chi connectivity index (χ0) is 10.6. The van der Waals surface area contributed by atoms with Gasteiger partial charge in [0, 0.05) is 24.0 Å². The molecule has 0 unspecified atom stereocenters. The first-order valence-corrected chi connectivity index (χ1v) is 5.21. The van der Waals surface area contributed by atoms with Gasteiger partial charge in [-0.05, 0) is 6.07 Å². The number of halogens is 1. The van der Waals surface area contributed by atoms with Crippen LogP contribution in [-0.2, 0) is 5.41 Å². The van der Waals surface area contributed by atoms with E-state index in [1.807, 2.05) is 6.07 Å². The zero-order valence-electron chi connectivity index (χ0n) is 8.84. The van der Waals surface area contributed by atoms with E-state index in [2.05, 4.69) is 36.1 Å². The van der Waals surface area contributed by atoms with E-state index in [-0.39, 0.29) is 5.41 Å². The summed E-state index contributed by atoms with van der Waals surface area (Å²) in [5.74, 6) is 1.21. The Morgan fingerprint density at radius 2 is 2.14 bits per heavy atom. The molecule has 0 aromatic carbocycles. The molecule has 14 heavy (non-hydrogen) atoms. The average Bonchev–Trinajstić information content (AvgIpc) is 2.14. The van der Waals surface area contributed by atoms with E-state index in [1.54, 1.807) is 6.20 Å². The van der Waals surface area contributed by atoms with Gasteiger partial charge >= 0.3 is 0 Å². The summed E-state index contributed by atoms with van der Waals surface area (Å²) >= 11 is 5.56. The van der Waals surface area contributed by atoms with Gasteiger partial charge in [0.05, 0.1) is 5.69 Å². The molecule has 0 aliphatic carbocycles. The van der Waals surface area contributed by atoms with E-state index < -0.39 is 0 Å². The van der Waals surface area contributed by atoms with Crippen LogP contribution in [0.15, 0.2) is 12.3 Å². The molecule has 4 heteroatoms. The molecule has 3 nitrogen and oxygen atoms in total. The number of aromatic nitrogens is 2. The third-order valence-corrected chi connectivity index (χ3v) is 1.99. The molecule has 0 saturated heterocycles. The van der Waals surface area contributed by atoms with Crippen molar-refractivity contribution in [3.05, 3.63) is 18.0 Å². The Balaban J connectivity index is 2.79. The molecule has 0 atom stereocenters. The van der Waals surface area contributed by atoms with Crippen LogP contribution < -0.4 is 5.32 Å². The van der Waals surface area contributed by atoms with Crippen LogP contribution in [0.4, 0.5) is 5.95 Å². The van der Waals surface area contributed by atoms with E-state index in [1.165, 1.54) is 0 Å². The molecule has 0 radical (unpaired) electrons.